The van der Waals surface area contributed by atoms with Gasteiger partial charge in [0.1, 0.15) is 11.9 Å². The largest absolute Gasteiger partial charge is 0.490 e. The second-order valence-corrected chi connectivity index (χ2v) is 6.16. The van der Waals surface area contributed by atoms with Crippen LogP contribution in [0.25, 0.3) is 0 Å². The van der Waals surface area contributed by atoms with Gasteiger partial charge in [0, 0.05) is 36.6 Å². The predicted octanol–water partition coefficient (Wildman–Crippen LogP) is 2.94. The zero-order valence-electron chi connectivity index (χ0n) is 12.0. The van der Waals surface area contributed by atoms with Gasteiger partial charge in [0.2, 0.25) is 0 Å². The lowest BCUT2D eigenvalue weighted by atomic mass is 9.85. The van der Waals surface area contributed by atoms with Crippen LogP contribution in [0.3, 0.4) is 0 Å². The number of aliphatic hydroxyl groups is 1. The Hall–Kier alpha value is -0.810. The lowest BCUT2D eigenvalue weighted by Crippen LogP contribution is -2.47. The number of aliphatic hydroxyl groups excluding tert-OH is 1. The van der Waals surface area contributed by atoms with Gasteiger partial charge in [0.25, 0.3) is 0 Å². The molecular formula is C16H21ClO4. The second kappa shape index (κ2) is 6.53. The van der Waals surface area contributed by atoms with Crippen LogP contribution in [0, 0.1) is 0 Å². The van der Waals surface area contributed by atoms with E-state index in [1.54, 1.807) is 6.07 Å². The van der Waals surface area contributed by atoms with Gasteiger partial charge >= 0.3 is 0 Å². The molecule has 116 valence electrons. The van der Waals surface area contributed by atoms with E-state index in [1.165, 1.54) is 0 Å². The van der Waals surface area contributed by atoms with Crippen LogP contribution >= 0.6 is 11.6 Å². The van der Waals surface area contributed by atoms with E-state index < -0.39 is 0 Å². The van der Waals surface area contributed by atoms with Gasteiger partial charge in [-0.2, -0.15) is 0 Å². The molecule has 21 heavy (non-hydrogen) atoms. The van der Waals surface area contributed by atoms with Crippen molar-refractivity contribution in [1.29, 1.82) is 0 Å². The zero-order chi connectivity index (χ0) is 14.7. The van der Waals surface area contributed by atoms with Crippen molar-refractivity contribution in [3.05, 3.63) is 28.8 Å². The van der Waals surface area contributed by atoms with Gasteiger partial charge in [-0.1, -0.05) is 17.7 Å². The van der Waals surface area contributed by atoms with E-state index in [0.29, 0.717) is 22.9 Å². The maximum absolute atomic E-state index is 9.47. The molecule has 2 saturated heterocycles. The highest BCUT2D eigenvalue weighted by Gasteiger charge is 2.40. The number of benzene rings is 1. The summed E-state index contributed by atoms with van der Waals surface area (Å²) in [6.07, 6.45) is 3.68. The Balaban J connectivity index is 1.71. The van der Waals surface area contributed by atoms with Crippen molar-refractivity contribution in [2.75, 3.05) is 19.8 Å². The summed E-state index contributed by atoms with van der Waals surface area (Å²) >= 11 is 6.11. The Morgan fingerprint density at radius 2 is 2.10 bits per heavy atom. The first-order valence-corrected chi connectivity index (χ1v) is 7.87. The number of ether oxygens (including phenoxy) is 3. The minimum Gasteiger partial charge on any atom is -0.490 e. The molecule has 5 heteroatoms. The van der Waals surface area contributed by atoms with Gasteiger partial charge in [-0.05, 0) is 25.0 Å². The van der Waals surface area contributed by atoms with Crippen molar-refractivity contribution < 1.29 is 19.3 Å². The average Bonchev–Trinajstić information content (AvgIpc) is 2.48. The monoisotopic (exact) mass is 312 g/mol. The maximum Gasteiger partial charge on any atom is 0.126 e. The van der Waals surface area contributed by atoms with Crippen molar-refractivity contribution in [2.45, 2.75) is 44.0 Å². The molecule has 4 nitrogen and oxygen atoms in total. The third-order valence-corrected chi connectivity index (χ3v) is 4.73. The van der Waals surface area contributed by atoms with E-state index in [2.05, 4.69) is 0 Å². The lowest BCUT2D eigenvalue weighted by Gasteiger charge is -2.43. The van der Waals surface area contributed by atoms with E-state index in [9.17, 15) is 5.11 Å². The fourth-order valence-corrected chi connectivity index (χ4v) is 3.38. The summed E-state index contributed by atoms with van der Waals surface area (Å²) in [5.41, 5.74) is 0.561. The molecule has 2 aliphatic heterocycles. The highest BCUT2D eigenvalue weighted by molar-refractivity contribution is 6.31. The molecule has 0 aromatic heterocycles. The number of hydrogen-bond acceptors (Lipinski definition) is 4. The van der Waals surface area contributed by atoms with Gasteiger partial charge in [-0.25, -0.2) is 0 Å². The molecule has 2 aliphatic rings. The van der Waals surface area contributed by atoms with Crippen molar-refractivity contribution in [2.24, 2.45) is 0 Å². The minimum atomic E-state index is -0.114. The molecule has 0 saturated carbocycles. The van der Waals surface area contributed by atoms with E-state index in [0.717, 1.165) is 38.9 Å². The van der Waals surface area contributed by atoms with Crippen LogP contribution < -0.4 is 4.74 Å². The van der Waals surface area contributed by atoms with Crippen LogP contribution in [-0.2, 0) is 16.1 Å². The Kier molecular flexibility index (Phi) is 4.69. The third-order valence-electron chi connectivity index (χ3n) is 4.38. The van der Waals surface area contributed by atoms with Gasteiger partial charge in [-0.15, -0.1) is 0 Å². The Morgan fingerprint density at radius 3 is 2.86 bits per heavy atom. The summed E-state index contributed by atoms with van der Waals surface area (Å²) in [6, 6.07) is 5.48. The normalized spacial score (nSPS) is 25.0. The molecule has 2 heterocycles. The number of halogens is 1. The first-order chi connectivity index (χ1) is 10.2. The van der Waals surface area contributed by atoms with Crippen molar-refractivity contribution >= 4 is 11.6 Å². The quantitative estimate of drug-likeness (QED) is 0.932. The van der Waals surface area contributed by atoms with Crippen LogP contribution in [-0.4, -0.2) is 36.6 Å². The van der Waals surface area contributed by atoms with Gasteiger partial charge < -0.3 is 19.3 Å². The SMILES string of the molecule is OCc1c(Cl)cccc1OC1CCOC2(CCOCC2)C1. The first kappa shape index (κ1) is 15.1. The second-order valence-electron chi connectivity index (χ2n) is 5.75. The molecule has 0 amide bonds. The number of rotatable bonds is 3. The molecule has 0 radical (unpaired) electrons. The Morgan fingerprint density at radius 1 is 1.29 bits per heavy atom. The number of hydrogen-bond donors (Lipinski definition) is 1. The van der Waals surface area contributed by atoms with Crippen LogP contribution in [0.1, 0.15) is 31.2 Å². The summed E-state index contributed by atoms with van der Waals surface area (Å²) < 4.78 is 17.6. The standard InChI is InChI=1S/C16H21ClO4/c17-14-2-1-3-15(13(14)11-18)21-12-4-7-20-16(10-12)5-8-19-9-6-16/h1-3,12,18H,4-11H2. The molecule has 1 spiro atoms. The molecule has 1 N–H and O–H groups in total. The summed E-state index contributed by atoms with van der Waals surface area (Å²) in [5.74, 6) is 0.680. The van der Waals surface area contributed by atoms with E-state index in [4.69, 9.17) is 25.8 Å². The molecule has 1 aromatic carbocycles. The smallest absolute Gasteiger partial charge is 0.126 e. The molecule has 3 rings (SSSR count). The molecule has 1 aromatic rings. The van der Waals surface area contributed by atoms with Crippen LogP contribution in [0.15, 0.2) is 18.2 Å². The highest BCUT2D eigenvalue weighted by Crippen LogP contribution is 2.37. The minimum absolute atomic E-state index is 0.0978. The summed E-state index contributed by atoms with van der Waals surface area (Å²) in [6.45, 7) is 2.11. The zero-order valence-corrected chi connectivity index (χ0v) is 12.8. The van der Waals surface area contributed by atoms with Crippen LogP contribution in [0.4, 0.5) is 0 Å². The fourth-order valence-electron chi connectivity index (χ4n) is 3.16. The van der Waals surface area contributed by atoms with Crippen molar-refractivity contribution in [3.63, 3.8) is 0 Å². The third kappa shape index (κ3) is 3.34. The maximum atomic E-state index is 9.47. The Bertz CT molecular complexity index is 480. The molecule has 0 bridgehead atoms. The van der Waals surface area contributed by atoms with Gasteiger partial charge in [-0.3, -0.25) is 0 Å². The molecule has 1 atom stereocenters. The summed E-state index contributed by atoms with van der Waals surface area (Å²) in [7, 11) is 0. The Labute approximate surface area is 130 Å². The van der Waals surface area contributed by atoms with Gasteiger partial charge in [0.15, 0.2) is 0 Å². The molecule has 2 fully saturated rings. The first-order valence-electron chi connectivity index (χ1n) is 7.49. The summed E-state index contributed by atoms with van der Waals surface area (Å²) in [4.78, 5) is 0. The molecular weight excluding hydrogens is 292 g/mol. The predicted molar refractivity (Wildman–Crippen MR) is 79.8 cm³/mol. The lowest BCUT2D eigenvalue weighted by molar-refractivity contribution is -0.155. The van der Waals surface area contributed by atoms with E-state index in [-0.39, 0.29) is 18.3 Å². The molecule has 1 unspecified atom stereocenters. The summed E-state index contributed by atoms with van der Waals surface area (Å²) in [5, 5.41) is 10.0. The van der Waals surface area contributed by atoms with Crippen molar-refractivity contribution in [1.82, 2.24) is 0 Å². The highest BCUT2D eigenvalue weighted by atomic mass is 35.5. The van der Waals surface area contributed by atoms with E-state index >= 15 is 0 Å². The van der Waals surface area contributed by atoms with Crippen molar-refractivity contribution in [3.8, 4) is 5.75 Å². The van der Waals surface area contributed by atoms with E-state index in [1.807, 2.05) is 12.1 Å². The van der Waals surface area contributed by atoms with Crippen LogP contribution in [0.2, 0.25) is 5.02 Å². The molecule has 0 aliphatic carbocycles. The fraction of sp³-hybridized carbons (Fsp3) is 0.625. The van der Waals surface area contributed by atoms with Gasteiger partial charge in [0.05, 0.1) is 18.8 Å². The topological polar surface area (TPSA) is 47.9 Å². The average molecular weight is 313 g/mol. The van der Waals surface area contributed by atoms with Crippen LogP contribution in [0.5, 0.6) is 5.75 Å².